The van der Waals surface area contributed by atoms with Crippen molar-refractivity contribution in [2.75, 3.05) is 24.7 Å². The smallest absolute Gasteiger partial charge is 0.153 e. The van der Waals surface area contributed by atoms with Crippen LogP contribution in [0.2, 0.25) is 0 Å². The van der Waals surface area contributed by atoms with Gasteiger partial charge < -0.3 is 10.1 Å². The first kappa shape index (κ1) is 18.5. The van der Waals surface area contributed by atoms with Gasteiger partial charge in [-0.1, -0.05) is 19.9 Å². The Bertz CT molecular complexity index is 532. The van der Waals surface area contributed by atoms with Crippen LogP contribution in [0.4, 0.5) is 0 Å². The molecule has 0 radical (unpaired) electrons. The first-order valence-corrected chi connectivity index (χ1v) is 9.92. The molecule has 0 fully saturated rings. The molecule has 0 aromatic heterocycles. The highest BCUT2D eigenvalue weighted by molar-refractivity contribution is 9.10. The lowest BCUT2D eigenvalue weighted by atomic mass is 10.2. The topological polar surface area (TPSA) is 55.4 Å². The number of sulfone groups is 1. The van der Waals surface area contributed by atoms with E-state index in [1.54, 1.807) is 0 Å². The molecule has 6 heteroatoms. The third kappa shape index (κ3) is 7.29. The van der Waals surface area contributed by atoms with Crippen molar-refractivity contribution in [2.24, 2.45) is 0 Å². The fourth-order valence-corrected chi connectivity index (χ4v) is 3.58. The average Bonchev–Trinajstić information content (AvgIpc) is 2.41. The van der Waals surface area contributed by atoms with E-state index in [0.717, 1.165) is 24.0 Å². The van der Waals surface area contributed by atoms with Gasteiger partial charge >= 0.3 is 0 Å². The number of ether oxygens (including phenoxy) is 1. The molecule has 120 valence electrons. The van der Waals surface area contributed by atoms with Crippen LogP contribution in [0.3, 0.4) is 0 Å². The average molecular weight is 378 g/mol. The Labute approximate surface area is 136 Å². The van der Waals surface area contributed by atoms with Crippen LogP contribution in [0.5, 0.6) is 5.75 Å². The minimum absolute atomic E-state index is 0.0626. The molecule has 1 rings (SSSR count). The predicted molar refractivity (Wildman–Crippen MR) is 90.6 cm³/mol. The molecule has 0 bridgehead atoms. The van der Waals surface area contributed by atoms with Gasteiger partial charge in [0.2, 0.25) is 0 Å². The lowest BCUT2D eigenvalue weighted by Crippen LogP contribution is -2.17. The molecule has 0 unspecified atom stereocenters. The van der Waals surface area contributed by atoms with Crippen molar-refractivity contribution in [1.82, 2.24) is 5.32 Å². The molecule has 0 aliphatic heterocycles. The number of hydrogen-bond acceptors (Lipinski definition) is 4. The van der Waals surface area contributed by atoms with Crippen LogP contribution < -0.4 is 10.1 Å². The maximum absolute atomic E-state index is 11.6. The summed E-state index contributed by atoms with van der Waals surface area (Å²) < 4.78 is 29.6. The fraction of sp³-hybridized carbons (Fsp3) is 0.600. The SMILES string of the molecule is CCCNCc1ccc(OCCS(=O)(=O)CCC)c(Br)c1. The first-order valence-electron chi connectivity index (χ1n) is 7.31. The number of nitrogens with one attached hydrogen (secondary N) is 1. The Kier molecular flexibility index (Phi) is 8.29. The molecule has 0 heterocycles. The Morgan fingerprint density at radius 1 is 1.19 bits per heavy atom. The van der Waals surface area contributed by atoms with Crippen LogP contribution in [0.25, 0.3) is 0 Å². The second kappa shape index (κ2) is 9.43. The zero-order chi connectivity index (χ0) is 15.7. The summed E-state index contributed by atoms with van der Waals surface area (Å²) in [6.07, 6.45) is 1.75. The summed E-state index contributed by atoms with van der Waals surface area (Å²) in [6, 6.07) is 5.86. The Morgan fingerprint density at radius 2 is 1.95 bits per heavy atom. The van der Waals surface area contributed by atoms with Gasteiger partial charge in [-0.15, -0.1) is 0 Å². The molecule has 0 aliphatic rings. The van der Waals surface area contributed by atoms with Crippen molar-refractivity contribution in [3.8, 4) is 5.75 Å². The highest BCUT2D eigenvalue weighted by Gasteiger charge is 2.10. The molecule has 21 heavy (non-hydrogen) atoms. The number of benzene rings is 1. The maximum atomic E-state index is 11.6. The van der Waals surface area contributed by atoms with E-state index in [1.165, 1.54) is 5.56 Å². The van der Waals surface area contributed by atoms with E-state index >= 15 is 0 Å². The second-order valence-corrected chi connectivity index (χ2v) is 8.10. The van der Waals surface area contributed by atoms with Gasteiger partial charge in [-0.25, -0.2) is 8.42 Å². The minimum atomic E-state index is -2.99. The van der Waals surface area contributed by atoms with Crippen molar-refractivity contribution >= 4 is 25.8 Å². The summed E-state index contributed by atoms with van der Waals surface area (Å²) in [5, 5.41) is 3.33. The monoisotopic (exact) mass is 377 g/mol. The number of halogens is 1. The fourth-order valence-electron chi connectivity index (χ4n) is 1.87. The lowest BCUT2D eigenvalue weighted by molar-refractivity contribution is 0.338. The largest absolute Gasteiger partial charge is 0.491 e. The molecular formula is C15H24BrNO3S. The first-order chi connectivity index (χ1) is 9.98. The molecule has 0 spiro atoms. The van der Waals surface area contributed by atoms with Gasteiger partial charge in [-0.05, 0) is 53.0 Å². The maximum Gasteiger partial charge on any atom is 0.153 e. The summed E-state index contributed by atoms with van der Waals surface area (Å²) in [7, 11) is -2.99. The third-order valence-electron chi connectivity index (χ3n) is 2.92. The van der Waals surface area contributed by atoms with Gasteiger partial charge in [-0.3, -0.25) is 0 Å². The summed E-state index contributed by atoms with van der Waals surface area (Å²) in [5.74, 6) is 0.966. The van der Waals surface area contributed by atoms with Gasteiger partial charge in [0.1, 0.15) is 12.4 Å². The summed E-state index contributed by atoms with van der Waals surface area (Å²) in [5.41, 5.74) is 1.17. The molecular weight excluding hydrogens is 354 g/mol. The molecule has 0 saturated heterocycles. The molecule has 0 aliphatic carbocycles. The second-order valence-electron chi connectivity index (χ2n) is 4.94. The normalized spacial score (nSPS) is 11.6. The predicted octanol–water partition coefficient (Wildman–Crippen LogP) is 3.15. The highest BCUT2D eigenvalue weighted by Crippen LogP contribution is 2.26. The van der Waals surface area contributed by atoms with E-state index in [4.69, 9.17) is 4.74 Å². The van der Waals surface area contributed by atoms with Crippen LogP contribution in [0.1, 0.15) is 32.3 Å². The van der Waals surface area contributed by atoms with Crippen molar-refractivity contribution < 1.29 is 13.2 Å². The summed E-state index contributed by atoms with van der Waals surface area (Å²) in [6.45, 7) is 5.99. The van der Waals surface area contributed by atoms with E-state index in [0.29, 0.717) is 12.2 Å². The van der Waals surface area contributed by atoms with Gasteiger partial charge in [0.05, 0.1) is 16.0 Å². The molecule has 4 nitrogen and oxygen atoms in total. The Hall–Kier alpha value is -0.590. The van der Waals surface area contributed by atoms with Gasteiger partial charge in [-0.2, -0.15) is 0 Å². The van der Waals surface area contributed by atoms with E-state index in [2.05, 4.69) is 28.2 Å². The van der Waals surface area contributed by atoms with Gasteiger partial charge in [0, 0.05) is 6.54 Å². The highest BCUT2D eigenvalue weighted by atomic mass is 79.9. The van der Waals surface area contributed by atoms with E-state index in [-0.39, 0.29) is 18.1 Å². The van der Waals surface area contributed by atoms with Crippen LogP contribution >= 0.6 is 15.9 Å². The van der Waals surface area contributed by atoms with Crippen molar-refractivity contribution in [3.05, 3.63) is 28.2 Å². The Balaban J connectivity index is 2.49. The number of rotatable bonds is 10. The number of hydrogen-bond donors (Lipinski definition) is 1. The van der Waals surface area contributed by atoms with E-state index in [9.17, 15) is 8.42 Å². The van der Waals surface area contributed by atoms with Gasteiger partial charge in [0.25, 0.3) is 0 Å². The zero-order valence-electron chi connectivity index (χ0n) is 12.7. The van der Waals surface area contributed by atoms with Gasteiger partial charge in [0.15, 0.2) is 9.84 Å². The molecule has 0 amide bonds. The Morgan fingerprint density at radius 3 is 2.57 bits per heavy atom. The van der Waals surface area contributed by atoms with E-state index < -0.39 is 9.84 Å². The molecule has 1 aromatic carbocycles. The van der Waals surface area contributed by atoms with Crippen molar-refractivity contribution in [2.45, 2.75) is 33.2 Å². The molecule has 1 aromatic rings. The lowest BCUT2D eigenvalue weighted by Gasteiger charge is -2.10. The molecule has 0 atom stereocenters. The minimum Gasteiger partial charge on any atom is -0.491 e. The van der Waals surface area contributed by atoms with Crippen molar-refractivity contribution in [1.29, 1.82) is 0 Å². The summed E-state index contributed by atoms with van der Waals surface area (Å²) in [4.78, 5) is 0. The molecule has 0 saturated carbocycles. The molecule has 1 N–H and O–H groups in total. The van der Waals surface area contributed by atoms with Crippen LogP contribution in [0, 0.1) is 0 Å². The third-order valence-corrected chi connectivity index (χ3v) is 5.36. The quantitative estimate of drug-likeness (QED) is 0.636. The van der Waals surface area contributed by atoms with Crippen LogP contribution in [-0.4, -0.2) is 33.1 Å². The van der Waals surface area contributed by atoms with E-state index in [1.807, 2.05) is 25.1 Å². The zero-order valence-corrected chi connectivity index (χ0v) is 15.1. The van der Waals surface area contributed by atoms with Crippen molar-refractivity contribution in [3.63, 3.8) is 0 Å². The van der Waals surface area contributed by atoms with Crippen LogP contribution in [0.15, 0.2) is 22.7 Å². The standard InChI is InChI=1S/C15H24BrNO3S/c1-3-7-17-12-13-5-6-15(14(16)11-13)20-8-10-21(18,19)9-4-2/h5-6,11,17H,3-4,7-10,12H2,1-2H3. The van der Waals surface area contributed by atoms with Crippen LogP contribution in [-0.2, 0) is 16.4 Å². The summed E-state index contributed by atoms with van der Waals surface area (Å²) >= 11 is 3.47.